The highest BCUT2D eigenvalue weighted by Gasteiger charge is 2.40. The maximum atomic E-state index is 13.3. The molecule has 3 rings (SSSR count). The Morgan fingerprint density at radius 2 is 1.91 bits per heavy atom. The third-order valence-electron chi connectivity index (χ3n) is 5.99. The van der Waals surface area contributed by atoms with E-state index in [2.05, 4.69) is 17.3 Å². The summed E-state index contributed by atoms with van der Waals surface area (Å²) in [5.74, 6) is 1.99. The molecule has 0 radical (unpaired) electrons. The summed E-state index contributed by atoms with van der Waals surface area (Å²) in [7, 11) is 0. The maximum absolute atomic E-state index is 13.3. The van der Waals surface area contributed by atoms with Crippen LogP contribution >= 0.6 is 0 Å². The first-order chi connectivity index (χ1) is 15.2. The van der Waals surface area contributed by atoms with Crippen LogP contribution in [0.1, 0.15) is 56.1 Å². The quantitative estimate of drug-likeness (QED) is 0.552. The van der Waals surface area contributed by atoms with Gasteiger partial charge in [0.1, 0.15) is 23.4 Å². The van der Waals surface area contributed by atoms with Crippen LogP contribution in [0.15, 0.2) is 18.2 Å². The lowest BCUT2D eigenvalue weighted by Crippen LogP contribution is -2.56. The first-order valence-corrected chi connectivity index (χ1v) is 10.5. The largest absolute Gasteiger partial charge is 0.471 e. The molecule has 0 aromatic heterocycles. The third kappa shape index (κ3) is 4.82. The summed E-state index contributed by atoms with van der Waals surface area (Å²) in [6.45, 7) is -0.183. The number of benzene rings is 1. The molecule has 1 saturated carbocycles. The molecule has 2 aliphatic rings. The van der Waals surface area contributed by atoms with Crippen molar-refractivity contribution in [3.05, 3.63) is 29.3 Å². The topological polar surface area (TPSA) is 89.2 Å². The van der Waals surface area contributed by atoms with Crippen molar-refractivity contribution in [3.8, 4) is 30.2 Å². The maximum Gasteiger partial charge on any atom is 0.417 e. The summed E-state index contributed by atoms with van der Waals surface area (Å²) < 4.78 is 46.0. The van der Waals surface area contributed by atoms with E-state index in [1.54, 1.807) is 6.07 Å². The number of likely N-dealkylation sites (tertiary alicyclic amines) is 1. The number of nitriles is 2. The van der Waals surface area contributed by atoms with E-state index in [1.165, 1.54) is 17.0 Å². The van der Waals surface area contributed by atoms with Gasteiger partial charge in [0.05, 0.1) is 24.2 Å². The minimum Gasteiger partial charge on any atom is -0.471 e. The molecule has 1 heterocycles. The van der Waals surface area contributed by atoms with Crippen LogP contribution in [0, 0.1) is 35.0 Å². The number of hydrogen-bond donors (Lipinski definition) is 1. The number of carbonyl (C=O) groups excluding carboxylic acids is 1. The molecule has 2 fully saturated rings. The van der Waals surface area contributed by atoms with E-state index in [-0.39, 0.29) is 18.2 Å². The van der Waals surface area contributed by atoms with Crippen LogP contribution in [0.3, 0.4) is 0 Å². The molecule has 1 aliphatic heterocycles. The Balaban J connectivity index is 1.83. The second-order valence-electron chi connectivity index (χ2n) is 8.00. The van der Waals surface area contributed by atoms with Crippen LogP contribution in [0.5, 0.6) is 5.75 Å². The molecular weight excluding hydrogens is 421 g/mol. The molecule has 1 aliphatic carbocycles. The number of terminal acetylenes is 1. The fourth-order valence-electron chi connectivity index (χ4n) is 4.39. The van der Waals surface area contributed by atoms with Gasteiger partial charge in [0.15, 0.2) is 5.72 Å². The molecule has 1 amide bonds. The van der Waals surface area contributed by atoms with Crippen molar-refractivity contribution < 1.29 is 22.7 Å². The third-order valence-corrected chi connectivity index (χ3v) is 5.99. The number of nitrogens with one attached hydrogen (secondary N) is 1. The summed E-state index contributed by atoms with van der Waals surface area (Å²) in [6.07, 6.45) is 5.19. The zero-order chi connectivity index (χ0) is 23.4. The molecular formula is C23H23F3N4O2. The lowest BCUT2D eigenvalue weighted by Gasteiger charge is -2.39. The fraction of sp³-hybridized carbons (Fsp3) is 0.522. The van der Waals surface area contributed by atoms with E-state index < -0.39 is 35.1 Å². The molecule has 6 nitrogen and oxygen atoms in total. The fourth-order valence-corrected chi connectivity index (χ4v) is 4.39. The Morgan fingerprint density at radius 1 is 1.22 bits per heavy atom. The van der Waals surface area contributed by atoms with Crippen LogP contribution in [-0.4, -0.2) is 35.2 Å². The average molecular weight is 444 g/mol. The second kappa shape index (κ2) is 9.51. The van der Waals surface area contributed by atoms with Crippen molar-refractivity contribution >= 4 is 5.91 Å². The first kappa shape index (κ1) is 23.4. The smallest absolute Gasteiger partial charge is 0.417 e. The Bertz CT molecular complexity index is 959. The van der Waals surface area contributed by atoms with Gasteiger partial charge in [0.25, 0.3) is 0 Å². The lowest BCUT2D eigenvalue weighted by atomic mass is 9.91. The van der Waals surface area contributed by atoms with Crippen LogP contribution in [0.4, 0.5) is 13.2 Å². The average Bonchev–Trinajstić information content (AvgIpc) is 3.21. The normalized spacial score (nSPS) is 22.4. The number of ether oxygens (including phenoxy) is 1. The molecule has 2 atom stereocenters. The SMILES string of the molecule is C#C[C@H]1CC[C@@H](C#N)N1C(=O)CNC1(Oc2cccc(C(F)(F)F)c2C#N)CCCCC1. The highest BCUT2D eigenvalue weighted by Crippen LogP contribution is 2.38. The van der Waals surface area contributed by atoms with E-state index >= 15 is 0 Å². The summed E-state index contributed by atoms with van der Waals surface area (Å²) >= 11 is 0. The number of hydrogen-bond acceptors (Lipinski definition) is 5. The predicted molar refractivity (Wildman–Crippen MR) is 109 cm³/mol. The van der Waals surface area contributed by atoms with E-state index in [0.717, 1.165) is 25.3 Å². The number of amides is 1. The molecule has 1 N–H and O–H groups in total. The number of carbonyl (C=O) groups is 1. The molecule has 1 saturated heterocycles. The van der Waals surface area contributed by atoms with Crippen molar-refractivity contribution in [3.63, 3.8) is 0 Å². The van der Waals surface area contributed by atoms with Crippen LogP contribution in [-0.2, 0) is 11.0 Å². The number of alkyl halides is 3. The minimum absolute atomic E-state index is 0.179. The van der Waals surface area contributed by atoms with Gasteiger partial charge >= 0.3 is 6.18 Å². The summed E-state index contributed by atoms with van der Waals surface area (Å²) in [4.78, 5) is 14.3. The van der Waals surface area contributed by atoms with Crippen LogP contribution in [0.2, 0.25) is 0 Å². The predicted octanol–water partition coefficient (Wildman–Crippen LogP) is 3.72. The van der Waals surface area contributed by atoms with Gasteiger partial charge in [-0.15, -0.1) is 6.42 Å². The highest BCUT2D eigenvalue weighted by atomic mass is 19.4. The standard InChI is InChI=1S/C23H23F3N4O2/c1-2-16-9-10-17(13-27)30(16)21(31)15-29-22(11-4-3-5-12-22)32-20-8-6-7-19(18(20)14-28)23(24,25)26/h1,6-8,16-17,29H,3-5,9-12,15H2/t16-,17-/m0/s1. The Morgan fingerprint density at radius 3 is 2.50 bits per heavy atom. The first-order valence-electron chi connectivity index (χ1n) is 10.5. The van der Waals surface area contributed by atoms with E-state index in [1.807, 2.05) is 0 Å². The highest BCUT2D eigenvalue weighted by molar-refractivity contribution is 5.80. The number of halogens is 3. The van der Waals surface area contributed by atoms with Crippen molar-refractivity contribution in [1.82, 2.24) is 10.2 Å². The zero-order valence-corrected chi connectivity index (χ0v) is 17.4. The summed E-state index contributed by atoms with van der Waals surface area (Å²) in [6, 6.07) is 5.98. The van der Waals surface area contributed by atoms with Gasteiger partial charge < -0.3 is 9.64 Å². The Kier molecular flexibility index (Phi) is 6.96. The monoisotopic (exact) mass is 444 g/mol. The van der Waals surface area contributed by atoms with Crippen molar-refractivity contribution in [1.29, 1.82) is 10.5 Å². The number of nitrogens with zero attached hydrogens (tertiary/aromatic N) is 3. The molecule has 168 valence electrons. The van der Waals surface area contributed by atoms with E-state index in [9.17, 15) is 28.5 Å². The van der Waals surface area contributed by atoms with Crippen molar-refractivity contribution in [2.45, 2.75) is 68.9 Å². The van der Waals surface area contributed by atoms with Gasteiger partial charge in [0, 0.05) is 12.8 Å². The Labute approximate surface area is 184 Å². The zero-order valence-electron chi connectivity index (χ0n) is 17.4. The van der Waals surface area contributed by atoms with Crippen molar-refractivity contribution in [2.24, 2.45) is 0 Å². The molecule has 0 unspecified atom stereocenters. The van der Waals surface area contributed by atoms with Gasteiger partial charge in [-0.2, -0.15) is 23.7 Å². The molecule has 1 aromatic carbocycles. The summed E-state index contributed by atoms with van der Waals surface area (Å²) in [5.41, 5.74) is -2.75. The van der Waals surface area contributed by atoms with E-state index in [4.69, 9.17) is 11.2 Å². The number of rotatable bonds is 5. The molecule has 1 aromatic rings. The van der Waals surface area contributed by atoms with E-state index in [0.29, 0.717) is 25.7 Å². The Hall–Kier alpha value is -3.22. The van der Waals surface area contributed by atoms with Gasteiger partial charge in [-0.25, -0.2) is 0 Å². The second-order valence-corrected chi connectivity index (χ2v) is 8.00. The van der Waals surface area contributed by atoms with Gasteiger partial charge in [-0.05, 0) is 37.8 Å². The lowest BCUT2D eigenvalue weighted by molar-refractivity contribution is -0.138. The summed E-state index contributed by atoms with van der Waals surface area (Å²) in [5, 5.41) is 21.8. The van der Waals surface area contributed by atoms with Gasteiger partial charge in [-0.3, -0.25) is 10.1 Å². The molecule has 32 heavy (non-hydrogen) atoms. The molecule has 0 bridgehead atoms. The molecule has 0 spiro atoms. The van der Waals surface area contributed by atoms with Crippen LogP contribution in [0.25, 0.3) is 0 Å². The van der Waals surface area contributed by atoms with Gasteiger partial charge in [0.2, 0.25) is 5.91 Å². The minimum atomic E-state index is -4.69. The van der Waals surface area contributed by atoms with Crippen molar-refractivity contribution in [2.75, 3.05) is 6.54 Å². The molecule has 9 heteroatoms. The van der Waals surface area contributed by atoms with Crippen LogP contribution < -0.4 is 10.1 Å². The van der Waals surface area contributed by atoms with Gasteiger partial charge in [-0.1, -0.05) is 18.4 Å².